The van der Waals surface area contributed by atoms with Crippen molar-refractivity contribution in [2.75, 3.05) is 14.2 Å². The molecule has 0 aliphatic rings. The van der Waals surface area contributed by atoms with Crippen molar-refractivity contribution in [3.8, 4) is 11.5 Å². The van der Waals surface area contributed by atoms with Crippen LogP contribution in [0.3, 0.4) is 0 Å². The van der Waals surface area contributed by atoms with E-state index in [1.54, 1.807) is 0 Å². The average molecular weight is 292 g/mol. The molecule has 0 bridgehead atoms. The lowest BCUT2D eigenvalue weighted by Crippen LogP contribution is -2.08. The van der Waals surface area contributed by atoms with Gasteiger partial charge in [-0.2, -0.15) is 13.2 Å². The lowest BCUT2D eigenvalue weighted by Gasteiger charge is -2.12. The van der Waals surface area contributed by atoms with Crippen molar-refractivity contribution in [3.05, 3.63) is 28.9 Å². The fraction of sp³-hybridized carbons (Fsp3) is 0.250. The van der Waals surface area contributed by atoms with Gasteiger partial charge in [0.15, 0.2) is 0 Å². The van der Waals surface area contributed by atoms with E-state index in [-0.39, 0.29) is 10.5 Å². The second-order valence-electron chi connectivity index (χ2n) is 3.71. The van der Waals surface area contributed by atoms with Crippen LogP contribution in [0.5, 0.6) is 11.5 Å². The minimum Gasteiger partial charge on any atom is -0.497 e. The van der Waals surface area contributed by atoms with E-state index in [1.165, 1.54) is 26.4 Å². The highest BCUT2D eigenvalue weighted by Crippen LogP contribution is 2.38. The number of methoxy groups -OCH3 is 2. The summed E-state index contributed by atoms with van der Waals surface area (Å²) in [4.78, 5) is 3.56. The number of ether oxygens (including phenoxy) is 2. The molecule has 0 aliphatic heterocycles. The largest absolute Gasteiger partial charge is 0.497 e. The first kappa shape index (κ1) is 13.7. The van der Waals surface area contributed by atoms with Crippen LogP contribution in [0.2, 0.25) is 5.02 Å². The third-order valence-electron chi connectivity index (χ3n) is 2.54. The summed E-state index contributed by atoms with van der Waals surface area (Å²) in [5.41, 5.74) is -0.990. The van der Waals surface area contributed by atoms with Crippen LogP contribution in [-0.4, -0.2) is 19.2 Å². The van der Waals surface area contributed by atoms with Crippen molar-refractivity contribution < 1.29 is 22.6 Å². The maximum Gasteiger partial charge on any atom is 0.433 e. The van der Waals surface area contributed by atoms with Crippen LogP contribution in [0, 0.1) is 0 Å². The third kappa shape index (κ3) is 2.53. The zero-order chi connectivity index (χ0) is 14.2. The van der Waals surface area contributed by atoms with Gasteiger partial charge in [0.2, 0.25) is 0 Å². The van der Waals surface area contributed by atoms with E-state index >= 15 is 0 Å². The Morgan fingerprint density at radius 2 is 1.79 bits per heavy atom. The SMILES string of the molecule is COc1cc(OC)c2c(Cl)cc(C(F)(F)F)nc2c1. The molecule has 1 aromatic heterocycles. The number of pyridine rings is 1. The van der Waals surface area contributed by atoms with Crippen LogP contribution in [0.25, 0.3) is 10.9 Å². The monoisotopic (exact) mass is 291 g/mol. The Balaban J connectivity index is 2.80. The molecule has 2 rings (SSSR count). The van der Waals surface area contributed by atoms with Crippen LogP contribution in [0.4, 0.5) is 13.2 Å². The molecule has 0 radical (unpaired) electrons. The molecule has 0 saturated heterocycles. The third-order valence-corrected chi connectivity index (χ3v) is 2.84. The van der Waals surface area contributed by atoms with Crippen LogP contribution < -0.4 is 9.47 Å². The summed E-state index contributed by atoms with van der Waals surface area (Å²) >= 11 is 5.89. The van der Waals surface area contributed by atoms with Gasteiger partial charge < -0.3 is 9.47 Å². The molecule has 0 saturated carbocycles. The Morgan fingerprint density at radius 1 is 1.11 bits per heavy atom. The van der Waals surface area contributed by atoms with E-state index in [9.17, 15) is 13.2 Å². The first-order valence-electron chi connectivity index (χ1n) is 5.16. The number of hydrogen-bond donors (Lipinski definition) is 0. The summed E-state index contributed by atoms with van der Waals surface area (Å²) in [6, 6.07) is 3.68. The van der Waals surface area contributed by atoms with Gasteiger partial charge in [0, 0.05) is 12.1 Å². The molecule has 19 heavy (non-hydrogen) atoms. The first-order valence-corrected chi connectivity index (χ1v) is 5.54. The molecule has 0 N–H and O–H groups in total. The van der Waals surface area contributed by atoms with Gasteiger partial charge >= 0.3 is 6.18 Å². The average Bonchev–Trinajstić information content (AvgIpc) is 2.35. The molecule has 3 nitrogen and oxygen atoms in total. The van der Waals surface area contributed by atoms with Gasteiger partial charge in [0.1, 0.15) is 17.2 Å². The highest BCUT2D eigenvalue weighted by molar-refractivity contribution is 6.36. The molecule has 0 atom stereocenters. The van der Waals surface area contributed by atoms with E-state index in [0.29, 0.717) is 16.9 Å². The summed E-state index contributed by atoms with van der Waals surface area (Å²) in [7, 11) is 2.79. The molecule has 2 aromatic rings. The number of aromatic nitrogens is 1. The van der Waals surface area contributed by atoms with Crippen molar-refractivity contribution in [1.82, 2.24) is 4.98 Å². The Morgan fingerprint density at radius 3 is 2.32 bits per heavy atom. The van der Waals surface area contributed by atoms with Crippen molar-refractivity contribution in [2.45, 2.75) is 6.18 Å². The molecule has 0 amide bonds. The zero-order valence-electron chi connectivity index (χ0n) is 10.0. The molecule has 102 valence electrons. The molecule has 0 unspecified atom stereocenters. The summed E-state index contributed by atoms with van der Waals surface area (Å²) in [5.74, 6) is 0.646. The zero-order valence-corrected chi connectivity index (χ0v) is 10.8. The van der Waals surface area contributed by atoms with Crippen molar-refractivity contribution in [3.63, 3.8) is 0 Å². The molecule has 1 heterocycles. The highest BCUT2D eigenvalue weighted by Gasteiger charge is 2.33. The molecular weight excluding hydrogens is 283 g/mol. The number of rotatable bonds is 2. The number of alkyl halides is 3. The fourth-order valence-electron chi connectivity index (χ4n) is 1.68. The number of nitrogens with zero attached hydrogens (tertiary/aromatic N) is 1. The number of benzene rings is 1. The summed E-state index contributed by atoms with van der Waals surface area (Å²) in [6.07, 6.45) is -4.56. The summed E-state index contributed by atoms with van der Waals surface area (Å²) < 4.78 is 48.1. The van der Waals surface area contributed by atoms with E-state index in [2.05, 4.69) is 4.98 Å². The van der Waals surface area contributed by atoms with Crippen LogP contribution in [-0.2, 0) is 6.18 Å². The minimum atomic E-state index is -4.56. The van der Waals surface area contributed by atoms with Crippen molar-refractivity contribution in [1.29, 1.82) is 0 Å². The fourth-order valence-corrected chi connectivity index (χ4v) is 1.98. The molecule has 0 aliphatic carbocycles. The molecule has 0 fully saturated rings. The Hall–Kier alpha value is -1.69. The number of fused-ring (bicyclic) bond motifs is 1. The Kier molecular flexibility index (Phi) is 3.45. The van der Waals surface area contributed by atoms with Gasteiger partial charge in [0.25, 0.3) is 0 Å². The lowest BCUT2D eigenvalue weighted by atomic mass is 10.1. The number of hydrogen-bond acceptors (Lipinski definition) is 3. The van der Waals surface area contributed by atoms with Gasteiger partial charge in [-0.05, 0) is 6.07 Å². The maximum atomic E-state index is 12.7. The van der Waals surface area contributed by atoms with Gasteiger partial charge in [-0.15, -0.1) is 0 Å². The predicted octanol–water partition coefficient (Wildman–Crippen LogP) is 3.92. The smallest absolute Gasteiger partial charge is 0.433 e. The first-order chi connectivity index (χ1) is 8.86. The highest BCUT2D eigenvalue weighted by atomic mass is 35.5. The van der Waals surface area contributed by atoms with Crippen molar-refractivity contribution >= 4 is 22.5 Å². The standard InChI is InChI=1S/C12H9ClF3NO2/c1-18-6-3-8-11(9(4-6)19-2)7(13)5-10(17-8)12(14,15)16/h3-5H,1-2H3. The van der Waals surface area contributed by atoms with E-state index in [1.807, 2.05) is 0 Å². The predicted molar refractivity (Wildman–Crippen MR) is 64.9 cm³/mol. The van der Waals surface area contributed by atoms with E-state index in [4.69, 9.17) is 21.1 Å². The van der Waals surface area contributed by atoms with E-state index in [0.717, 1.165) is 6.07 Å². The van der Waals surface area contributed by atoms with Crippen LogP contribution >= 0.6 is 11.6 Å². The quantitative estimate of drug-likeness (QED) is 0.840. The second kappa shape index (κ2) is 4.77. The molecule has 0 spiro atoms. The Labute approximate surface area is 111 Å². The molecular formula is C12H9ClF3NO2. The van der Waals surface area contributed by atoms with Crippen molar-refractivity contribution in [2.24, 2.45) is 0 Å². The maximum absolute atomic E-state index is 12.7. The normalized spacial score (nSPS) is 11.7. The van der Waals surface area contributed by atoms with Gasteiger partial charge in [0.05, 0.1) is 30.1 Å². The second-order valence-corrected chi connectivity index (χ2v) is 4.12. The van der Waals surface area contributed by atoms with E-state index < -0.39 is 11.9 Å². The van der Waals surface area contributed by atoms with Crippen LogP contribution in [0.1, 0.15) is 5.69 Å². The lowest BCUT2D eigenvalue weighted by molar-refractivity contribution is -0.140. The van der Waals surface area contributed by atoms with Crippen LogP contribution in [0.15, 0.2) is 18.2 Å². The van der Waals surface area contributed by atoms with Gasteiger partial charge in [-0.25, -0.2) is 4.98 Å². The topological polar surface area (TPSA) is 31.4 Å². The molecule has 1 aromatic carbocycles. The van der Waals surface area contributed by atoms with Gasteiger partial charge in [-0.1, -0.05) is 11.6 Å². The summed E-state index contributed by atoms with van der Waals surface area (Å²) in [5, 5.41) is 0.245. The summed E-state index contributed by atoms with van der Waals surface area (Å²) in [6.45, 7) is 0. The number of halogens is 4. The van der Waals surface area contributed by atoms with Gasteiger partial charge in [-0.3, -0.25) is 0 Å². The Bertz CT molecular complexity index is 628. The molecule has 7 heteroatoms. The minimum absolute atomic E-state index is 0.0658.